The fourth-order valence-corrected chi connectivity index (χ4v) is 2.40. The Morgan fingerprint density at radius 1 is 1.29 bits per heavy atom. The molecule has 1 aromatic heterocycles. The second kappa shape index (κ2) is 7.56. The number of amides is 2. The highest BCUT2D eigenvalue weighted by Crippen LogP contribution is 2.11. The first-order valence-corrected chi connectivity index (χ1v) is 7.31. The van der Waals surface area contributed by atoms with Crippen LogP contribution in [-0.4, -0.2) is 25.5 Å². The zero-order chi connectivity index (χ0) is 15.1. The van der Waals surface area contributed by atoms with Gasteiger partial charge in [-0.1, -0.05) is 12.1 Å². The molecule has 6 heteroatoms. The molecule has 0 aliphatic rings. The van der Waals surface area contributed by atoms with Crippen LogP contribution in [0.4, 0.5) is 5.69 Å². The molecule has 1 heterocycles. The van der Waals surface area contributed by atoms with Gasteiger partial charge in [-0.3, -0.25) is 9.59 Å². The summed E-state index contributed by atoms with van der Waals surface area (Å²) in [5, 5.41) is 9.23. The third-order valence-corrected chi connectivity index (χ3v) is 3.41. The van der Waals surface area contributed by atoms with Crippen molar-refractivity contribution in [3.63, 3.8) is 0 Å². The third kappa shape index (κ3) is 4.70. The van der Waals surface area contributed by atoms with Gasteiger partial charge in [0.2, 0.25) is 5.91 Å². The van der Waals surface area contributed by atoms with Crippen molar-refractivity contribution in [2.75, 3.05) is 19.0 Å². The van der Waals surface area contributed by atoms with Crippen molar-refractivity contribution in [1.29, 1.82) is 0 Å². The lowest BCUT2D eigenvalue weighted by atomic mass is 10.2. The van der Waals surface area contributed by atoms with E-state index in [-0.39, 0.29) is 18.4 Å². The van der Waals surface area contributed by atoms with Crippen LogP contribution in [0.5, 0.6) is 0 Å². The minimum absolute atomic E-state index is 0.0130. The number of thiophene rings is 1. The molecule has 0 spiro atoms. The molecule has 2 aromatic rings. The lowest BCUT2D eigenvalue weighted by Crippen LogP contribution is -2.22. The number of benzene rings is 1. The number of nitrogens with one attached hydrogen (secondary N) is 2. The van der Waals surface area contributed by atoms with Crippen LogP contribution < -0.4 is 10.6 Å². The van der Waals surface area contributed by atoms with E-state index >= 15 is 0 Å². The van der Waals surface area contributed by atoms with Gasteiger partial charge in [0.15, 0.2) is 0 Å². The smallest absolute Gasteiger partial charge is 0.252 e. The van der Waals surface area contributed by atoms with Gasteiger partial charge in [-0.15, -0.1) is 0 Å². The van der Waals surface area contributed by atoms with Gasteiger partial charge in [0, 0.05) is 30.3 Å². The summed E-state index contributed by atoms with van der Waals surface area (Å²) in [5.41, 5.74) is 2.25. The van der Waals surface area contributed by atoms with Crippen LogP contribution in [0.2, 0.25) is 0 Å². The Balaban J connectivity index is 1.92. The molecule has 0 atom stereocenters. The molecule has 0 aliphatic carbocycles. The molecule has 0 bridgehead atoms. The molecule has 2 rings (SSSR count). The predicted molar refractivity (Wildman–Crippen MR) is 82.4 cm³/mol. The van der Waals surface area contributed by atoms with E-state index in [0.717, 1.165) is 5.56 Å². The maximum Gasteiger partial charge on any atom is 0.252 e. The monoisotopic (exact) mass is 304 g/mol. The van der Waals surface area contributed by atoms with Crippen LogP contribution in [0.15, 0.2) is 41.1 Å². The van der Waals surface area contributed by atoms with E-state index in [0.29, 0.717) is 17.8 Å². The van der Waals surface area contributed by atoms with Crippen LogP contribution in [0.25, 0.3) is 0 Å². The lowest BCUT2D eigenvalue weighted by Gasteiger charge is -2.08. The van der Waals surface area contributed by atoms with Crippen molar-refractivity contribution >= 4 is 28.8 Å². The third-order valence-electron chi connectivity index (χ3n) is 2.72. The number of carbonyl (C=O) groups excluding carboxylic acids is 2. The Labute approximate surface area is 126 Å². The highest BCUT2D eigenvalue weighted by molar-refractivity contribution is 7.08. The molecular weight excluding hydrogens is 288 g/mol. The molecule has 0 radical (unpaired) electrons. The number of carbonyl (C=O) groups is 2. The summed E-state index contributed by atoms with van der Waals surface area (Å²) < 4.78 is 4.76. The van der Waals surface area contributed by atoms with Crippen LogP contribution in [-0.2, 0) is 16.1 Å². The van der Waals surface area contributed by atoms with Crippen LogP contribution >= 0.6 is 11.3 Å². The standard InChI is InChI=1S/C15H16N2O3S/c1-20-9-14(18)17-13-4-2-3-11(7-13)8-16-15(19)12-5-6-21-10-12/h2-7,10H,8-9H2,1H3,(H,16,19)(H,17,18). The maximum atomic E-state index is 11.8. The zero-order valence-electron chi connectivity index (χ0n) is 11.6. The highest BCUT2D eigenvalue weighted by atomic mass is 32.1. The van der Waals surface area contributed by atoms with Gasteiger partial charge < -0.3 is 15.4 Å². The maximum absolute atomic E-state index is 11.8. The summed E-state index contributed by atoms with van der Waals surface area (Å²) in [5.74, 6) is -0.318. The molecule has 5 nitrogen and oxygen atoms in total. The molecule has 0 fully saturated rings. The number of hydrogen-bond acceptors (Lipinski definition) is 4. The fraction of sp³-hybridized carbons (Fsp3) is 0.200. The van der Waals surface area contributed by atoms with E-state index in [1.165, 1.54) is 18.4 Å². The summed E-state index contributed by atoms with van der Waals surface area (Å²) in [6.45, 7) is 0.418. The first-order chi connectivity index (χ1) is 10.2. The van der Waals surface area contributed by atoms with Crippen LogP contribution in [0.1, 0.15) is 15.9 Å². The van der Waals surface area contributed by atoms with Gasteiger partial charge in [0.1, 0.15) is 6.61 Å². The van der Waals surface area contributed by atoms with E-state index in [2.05, 4.69) is 10.6 Å². The van der Waals surface area contributed by atoms with Gasteiger partial charge in [0.25, 0.3) is 5.91 Å². The molecule has 0 saturated carbocycles. The summed E-state index contributed by atoms with van der Waals surface area (Å²) in [6.07, 6.45) is 0. The van der Waals surface area contributed by atoms with Crippen molar-refractivity contribution < 1.29 is 14.3 Å². The Hall–Kier alpha value is -2.18. The SMILES string of the molecule is COCC(=O)Nc1cccc(CNC(=O)c2ccsc2)c1. The second-order valence-electron chi connectivity index (χ2n) is 4.38. The topological polar surface area (TPSA) is 67.4 Å². The number of hydrogen-bond donors (Lipinski definition) is 2. The summed E-state index contributed by atoms with van der Waals surface area (Å²) in [4.78, 5) is 23.3. The van der Waals surface area contributed by atoms with Gasteiger partial charge in [0.05, 0.1) is 0 Å². The number of ether oxygens (including phenoxy) is 1. The highest BCUT2D eigenvalue weighted by Gasteiger charge is 2.06. The molecular formula is C15H16N2O3S. The summed E-state index contributed by atoms with van der Waals surface area (Å²) in [7, 11) is 1.47. The van der Waals surface area contributed by atoms with Gasteiger partial charge in [-0.05, 0) is 29.1 Å². The Morgan fingerprint density at radius 3 is 2.86 bits per heavy atom. The van der Waals surface area contributed by atoms with Crippen molar-refractivity contribution in [2.24, 2.45) is 0 Å². The Bertz CT molecular complexity index is 611. The molecule has 1 aromatic carbocycles. The molecule has 0 unspecified atom stereocenters. The number of methoxy groups -OCH3 is 1. The first kappa shape index (κ1) is 15.2. The second-order valence-corrected chi connectivity index (χ2v) is 5.16. The first-order valence-electron chi connectivity index (χ1n) is 6.37. The van der Waals surface area contributed by atoms with Crippen LogP contribution in [0.3, 0.4) is 0 Å². The minimum atomic E-state index is -0.211. The fourth-order valence-electron chi connectivity index (χ4n) is 1.77. The van der Waals surface area contributed by atoms with Crippen molar-refractivity contribution in [2.45, 2.75) is 6.54 Å². The molecule has 2 amide bonds. The Morgan fingerprint density at radius 2 is 2.14 bits per heavy atom. The van der Waals surface area contributed by atoms with Crippen molar-refractivity contribution in [3.8, 4) is 0 Å². The molecule has 0 aliphatic heterocycles. The van der Waals surface area contributed by atoms with E-state index in [1.807, 2.05) is 23.6 Å². The lowest BCUT2D eigenvalue weighted by molar-refractivity contribution is -0.119. The van der Waals surface area contributed by atoms with Crippen molar-refractivity contribution in [3.05, 3.63) is 52.2 Å². The zero-order valence-corrected chi connectivity index (χ0v) is 12.4. The average Bonchev–Trinajstić information content (AvgIpc) is 2.99. The van der Waals surface area contributed by atoms with Gasteiger partial charge in [-0.2, -0.15) is 11.3 Å². The minimum Gasteiger partial charge on any atom is -0.375 e. The Kier molecular flexibility index (Phi) is 5.48. The summed E-state index contributed by atoms with van der Waals surface area (Å²) >= 11 is 1.48. The summed E-state index contributed by atoms with van der Waals surface area (Å²) in [6, 6.07) is 9.11. The van der Waals surface area contributed by atoms with E-state index < -0.39 is 0 Å². The molecule has 21 heavy (non-hydrogen) atoms. The van der Waals surface area contributed by atoms with E-state index in [1.54, 1.807) is 17.5 Å². The molecule has 0 saturated heterocycles. The largest absolute Gasteiger partial charge is 0.375 e. The van der Waals surface area contributed by atoms with E-state index in [9.17, 15) is 9.59 Å². The molecule has 110 valence electrons. The van der Waals surface area contributed by atoms with E-state index in [4.69, 9.17) is 4.74 Å². The van der Waals surface area contributed by atoms with Crippen LogP contribution in [0, 0.1) is 0 Å². The normalized spacial score (nSPS) is 10.1. The number of rotatable bonds is 6. The predicted octanol–water partition coefficient (Wildman–Crippen LogP) is 2.26. The number of anilines is 1. The van der Waals surface area contributed by atoms with Gasteiger partial charge in [-0.25, -0.2) is 0 Å². The van der Waals surface area contributed by atoms with Gasteiger partial charge >= 0.3 is 0 Å². The average molecular weight is 304 g/mol. The quantitative estimate of drug-likeness (QED) is 0.860. The van der Waals surface area contributed by atoms with Crippen molar-refractivity contribution in [1.82, 2.24) is 5.32 Å². The molecule has 2 N–H and O–H groups in total.